The molecule has 0 radical (unpaired) electrons. The largest absolute Gasteiger partial charge is 0.508 e. The molecular formula is C33H34N4O2. The van der Waals surface area contributed by atoms with Crippen LogP contribution in [0.2, 0.25) is 0 Å². The van der Waals surface area contributed by atoms with Gasteiger partial charge in [0.1, 0.15) is 17.2 Å². The van der Waals surface area contributed by atoms with Gasteiger partial charge in [-0.25, -0.2) is 9.97 Å². The lowest BCUT2D eigenvalue weighted by Crippen LogP contribution is -2.32. The van der Waals surface area contributed by atoms with Gasteiger partial charge < -0.3 is 15.0 Å². The summed E-state index contributed by atoms with van der Waals surface area (Å²) >= 11 is 0. The minimum Gasteiger partial charge on any atom is -0.508 e. The van der Waals surface area contributed by atoms with E-state index in [0.29, 0.717) is 19.0 Å². The molecule has 1 saturated carbocycles. The molecule has 198 valence electrons. The molecule has 0 bridgehead atoms. The van der Waals surface area contributed by atoms with Crippen molar-refractivity contribution >= 4 is 27.8 Å². The predicted octanol–water partition coefficient (Wildman–Crippen LogP) is 6.55. The first-order valence-electron chi connectivity index (χ1n) is 13.8. The number of aromatic nitrogens is 3. The minimum atomic E-state index is -0.162. The first-order valence-corrected chi connectivity index (χ1v) is 13.8. The Hall–Kier alpha value is -4.19. The van der Waals surface area contributed by atoms with Crippen LogP contribution < -0.4 is 5.32 Å². The smallest absolute Gasteiger partial charge is 0.228 e. The summed E-state index contributed by atoms with van der Waals surface area (Å²) in [6, 6.07) is 24.0. The Kier molecular flexibility index (Phi) is 6.77. The highest BCUT2D eigenvalue weighted by atomic mass is 16.3. The molecule has 1 aliphatic carbocycles. The Morgan fingerprint density at radius 2 is 1.64 bits per heavy atom. The van der Waals surface area contributed by atoms with Crippen LogP contribution in [0.15, 0.2) is 72.8 Å². The zero-order chi connectivity index (χ0) is 26.9. The van der Waals surface area contributed by atoms with Crippen molar-refractivity contribution in [3.8, 4) is 5.75 Å². The fourth-order valence-corrected chi connectivity index (χ4v) is 6.25. The molecular weight excluding hydrogens is 484 g/mol. The van der Waals surface area contributed by atoms with Gasteiger partial charge in [0.2, 0.25) is 5.91 Å². The first-order chi connectivity index (χ1) is 19.0. The molecule has 2 heterocycles. The van der Waals surface area contributed by atoms with Crippen molar-refractivity contribution in [3.05, 3.63) is 101 Å². The SMILES string of the molecule is Cc1nc(C)c2c3ccccc3n(Cc3ccc(C(C(=O)NCc4ccc(O)cc4)C4CCCC4)cc3)c2n1. The van der Waals surface area contributed by atoms with Gasteiger partial charge in [0.15, 0.2) is 0 Å². The highest BCUT2D eigenvalue weighted by Gasteiger charge is 2.32. The average Bonchev–Trinajstić information content (AvgIpc) is 3.57. The number of carbonyl (C=O) groups excluding carboxylic acids is 1. The lowest BCUT2D eigenvalue weighted by Gasteiger charge is -2.23. The third kappa shape index (κ3) is 4.99. The van der Waals surface area contributed by atoms with Crippen molar-refractivity contribution in [1.82, 2.24) is 19.9 Å². The molecule has 1 amide bonds. The van der Waals surface area contributed by atoms with Gasteiger partial charge in [-0.1, -0.05) is 67.4 Å². The maximum atomic E-state index is 13.5. The van der Waals surface area contributed by atoms with E-state index in [4.69, 9.17) is 4.98 Å². The molecule has 2 N–H and O–H groups in total. The fourth-order valence-electron chi connectivity index (χ4n) is 6.25. The summed E-state index contributed by atoms with van der Waals surface area (Å²) in [5, 5.41) is 15.0. The molecule has 6 nitrogen and oxygen atoms in total. The van der Waals surface area contributed by atoms with Gasteiger partial charge in [0.05, 0.1) is 17.1 Å². The number of aryl methyl sites for hydroxylation is 2. The average molecular weight is 519 g/mol. The lowest BCUT2D eigenvalue weighted by atomic mass is 9.83. The molecule has 2 aromatic heterocycles. The van der Waals surface area contributed by atoms with E-state index in [2.05, 4.69) is 70.3 Å². The Balaban J connectivity index is 1.27. The molecule has 39 heavy (non-hydrogen) atoms. The number of benzene rings is 3. The Morgan fingerprint density at radius 1 is 0.949 bits per heavy atom. The second kappa shape index (κ2) is 10.5. The molecule has 0 spiro atoms. The molecule has 6 rings (SSSR count). The number of rotatable bonds is 7. The summed E-state index contributed by atoms with van der Waals surface area (Å²) in [7, 11) is 0. The van der Waals surface area contributed by atoms with Crippen molar-refractivity contribution in [1.29, 1.82) is 0 Å². The van der Waals surface area contributed by atoms with Crippen LogP contribution in [0.4, 0.5) is 0 Å². The van der Waals surface area contributed by atoms with Gasteiger partial charge in [0.25, 0.3) is 0 Å². The van der Waals surface area contributed by atoms with Crippen LogP contribution in [0, 0.1) is 19.8 Å². The number of hydrogen-bond donors (Lipinski definition) is 2. The van der Waals surface area contributed by atoms with E-state index >= 15 is 0 Å². The summed E-state index contributed by atoms with van der Waals surface area (Å²) in [6.07, 6.45) is 4.52. The maximum absolute atomic E-state index is 13.5. The van der Waals surface area contributed by atoms with E-state index in [1.54, 1.807) is 12.1 Å². The third-order valence-corrected chi connectivity index (χ3v) is 8.14. The van der Waals surface area contributed by atoms with Crippen LogP contribution in [0.5, 0.6) is 5.75 Å². The summed E-state index contributed by atoms with van der Waals surface area (Å²) in [6.45, 7) is 5.15. The van der Waals surface area contributed by atoms with Crippen molar-refractivity contribution in [2.45, 2.75) is 58.5 Å². The zero-order valence-electron chi connectivity index (χ0n) is 22.5. The number of hydrogen-bond acceptors (Lipinski definition) is 4. The van der Waals surface area contributed by atoms with Gasteiger partial charge in [-0.2, -0.15) is 0 Å². The number of phenolic OH excluding ortho intramolecular Hbond substituents is 1. The number of para-hydroxylation sites is 1. The summed E-state index contributed by atoms with van der Waals surface area (Å²) in [4.78, 5) is 22.9. The van der Waals surface area contributed by atoms with E-state index in [0.717, 1.165) is 52.0 Å². The molecule has 0 aliphatic heterocycles. The number of phenols is 1. The predicted molar refractivity (Wildman–Crippen MR) is 155 cm³/mol. The standard InChI is InChI=1S/C33H34N4O2/c1-21-30-28-9-5-6-10-29(28)37(32(30)36-22(2)35-21)20-24-11-15-26(16-12-24)31(25-7-3-4-8-25)33(39)34-19-23-13-17-27(38)18-14-23/h5-6,9-18,25,31,38H,3-4,7-8,19-20H2,1-2H3,(H,34,39). The van der Waals surface area contributed by atoms with Crippen LogP contribution in [0.25, 0.3) is 21.9 Å². The number of nitrogens with zero attached hydrogens (tertiary/aromatic N) is 3. The highest BCUT2D eigenvalue weighted by Crippen LogP contribution is 2.38. The molecule has 3 aromatic carbocycles. The van der Waals surface area contributed by atoms with E-state index in [-0.39, 0.29) is 17.6 Å². The highest BCUT2D eigenvalue weighted by molar-refractivity contribution is 6.07. The molecule has 1 unspecified atom stereocenters. The molecule has 1 aliphatic rings. The summed E-state index contributed by atoms with van der Waals surface area (Å²) in [5.41, 5.74) is 6.33. The Morgan fingerprint density at radius 3 is 2.38 bits per heavy atom. The van der Waals surface area contributed by atoms with Gasteiger partial charge >= 0.3 is 0 Å². The van der Waals surface area contributed by atoms with Gasteiger partial charge in [0, 0.05) is 23.9 Å². The normalized spacial score (nSPS) is 14.7. The van der Waals surface area contributed by atoms with E-state index in [9.17, 15) is 9.90 Å². The van der Waals surface area contributed by atoms with Crippen LogP contribution in [0.3, 0.4) is 0 Å². The number of amides is 1. The lowest BCUT2D eigenvalue weighted by molar-refractivity contribution is -0.123. The van der Waals surface area contributed by atoms with Gasteiger partial charge in [-0.05, 0) is 67.5 Å². The molecule has 1 fully saturated rings. The minimum absolute atomic E-state index is 0.0766. The third-order valence-electron chi connectivity index (χ3n) is 8.14. The fraction of sp³-hybridized carbons (Fsp3) is 0.303. The molecule has 5 aromatic rings. The Bertz CT molecular complexity index is 1630. The van der Waals surface area contributed by atoms with Crippen LogP contribution in [-0.2, 0) is 17.9 Å². The van der Waals surface area contributed by atoms with Crippen LogP contribution in [0.1, 0.15) is 59.8 Å². The molecule has 6 heteroatoms. The Labute approximate surface area is 228 Å². The maximum Gasteiger partial charge on any atom is 0.228 e. The number of nitrogens with one attached hydrogen (secondary N) is 1. The van der Waals surface area contributed by atoms with Gasteiger partial charge in [-0.15, -0.1) is 0 Å². The number of fused-ring (bicyclic) bond motifs is 3. The van der Waals surface area contributed by atoms with Crippen molar-refractivity contribution < 1.29 is 9.90 Å². The first kappa shape index (κ1) is 25.1. The summed E-state index contributed by atoms with van der Waals surface area (Å²) < 4.78 is 2.28. The molecule has 0 saturated heterocycles. The summed E-state index contributed by atoms with van der Waals surface area (Å²) in [5.74, 6) is 1.28. The van der Waals surface area contributed by atoms with Crippen molar-refractivity contribution in [3.63, 3.8) is 0 Å². The van der Waals surface area contributed by atoms with E-state index < -0.39 is 0 Å². The monoisotopic (exact) mass is 518 g/mol. The topological polar surface area (TPSA) is 80.0 Å². The second-order valence-corrected chi connectivity index (χ2v) is 10.8. The van der Waals surface area contributed by atoms with Crippen LogP contribution in [-0.4, -0.2) is 25.5 Å². The zero-order valence-corrected chi connectivity index (χ0v) is 22.5. The number of carbonyl (C=O) groups is 1. The van der Waals surface area contributed by atoms with Gasteiger partial charge in [-0.3, -0.25) is 4.79 Å². The second-order valence-electron chi connectivity index (χ2n) is 10.8. The van der Waals surface area contributed by atoms with E-state index in [1.165, 1.54) is 23.8 Å². The number of aromatic hydroxyl groups is 1. The van der Waals surface area contributed by atoms with Crippen LogP contribution >= 0.6 is 0 Å². The van der Waals surface area contributed by atoms with Crippen molar-refractivity contribution in [2.24, 2.45) is 5.92 Å². The van der Waals surface area contributed by atoms with Crippen molar-refractivity contribution in [2.75, 3.05) is 0 Å². The molecule has 1 atom stereocenters. The quantitative estimate of drug-likeness (QED) is 0.256. The van der Waals surface area contributed by atoms with E-state index in [1.807, 2.05) is 19.1 Å².